The minimum absolute atomic E-state index is 0.258. The van der Waals surface area contributed by atoms with Crippen LogP contribution in [0.1, 0.15) is 71.1 Å². The summed E-state index contributed by atoms with van der Waals surface area (Å²) in [7, 11) is 0. The van der Waals surface area contributed by atoms with Gasteiger partial charge in [-0.2, -0.15) is 0 Å². The fourth-order valence-electron chi connectivity index (χ4n) is 3.81. The first-order valence-corrected chi connectivity index (χ1v) is 8.11. The molecule has 0 spiro atoms. The Morgan fingerprint density at radius 1 is 1.06 bits per heavy atom. The van der Waals surface area contributed by atoms with Gasteiger partial charge in [0.1, 0.15) is 0 Å². The zero-order valence-electron chi connectivity index (χ0n) is 11.3. The number of alkyl halides is 1. The Morgan fingerprint density at radius 3 is 2.35 bits per heavy atom. The van der Waals surface area contributed by atoms with E-state index in [0.717, 1.165) is 17.8 Å². The summed E-state index contributed by atoms with van der Waals surface area (Å²) in [5.74, 6) is 1.65. The van der Waals surface area contributed by atoms with Crippen molar-refractivity contribution in [2.75, 3.05) is 5.88 Å². The van der Waals surface area contributed by atoms with Gasteiger partial charge in [-0.25, -0.2) is 0 Å². The van der Waals surface area contributed by atoms with Crippen molar-refractivity contribution < 1.29 is 0 Å². The van der Waals surface area contributed by atoms with E-state index in [1.165, 1.54) is 64.2 Å². The van der Waals surface area contributed by atoms with Crippen LogP contribution in [0, 0.1) is 5.92 Å². The number of nitrogens with one attached hydrogen (secondary N) is 1. The van der Waals surface area contributed by atoms with E-state index in [1.54, 1.807) is 0 Å². The summed E-state index contributed by atoms with van der Waals surface area (Å²) in [6, 6.07) is 0.738. The van der Waals surface area contributed by atoms with E-state index >= 15 is 0 Å². The average molecular weight is 258 g/mol. The SMILES string of the molecule is CC1CCCC(CCl)(NC2CCCCCC2)C1. The molecule has 1 nitrogen and oxygen atoms in total. The van der Waals surface area contributed by atoms with Crippen LogP contribution in [0.4, 0.5) is 0 Å². The lowest BCUT2D eigenvalue weighted by atomic mass is 9.77. The van der Waals surface area contributed by atoms with Crippen LogP contribution in [0.2, 0.25) is 0 Å². The molecule has 2 saturated carbocycles. The average Bonchev–Trinajstić information content (AvgIpc) is 2.57. The Bertz CT molecular complexity index is 223. The summed E-state index contributed by atoms with van der Waals surface area (Å²) < 4.78 is 0. The second-order valence-corrected chi connectivity index (χ2v) is 6.72. The molecule has 100 valence electrons. The predicted octanol–water partition coefficient (Wildman–Crippen LogP) is 4.49. The lowest BCUT2D eigenvalue weighted by Crippen LogP contribution is -2.54. The Labute approximate surface area is 112 Å². The van der Waals surface area contributed by atoms with E-state index in [4.69, 9.17) is 11.6 Å². The van der Waals surface area contributed by atoms with Crippen molar-refractivity contribution in [2.45, 2.75) is 82.7 Å². The Hall–Kier alpha value is 0.250. The molecule has 1 N–H and O–H groups in total. The first-order valence-electron chi connectivity index (χ1n) is 7.58. The van der Waals surface area contributed by atoms with E-state index < -0.39 is 0 Å². The highest BCUT2D eigenvalue weighted by atomic mass is 35.5. The van der Waals surface area contributed by atoms with Gasteiger partial charge in [0.15, 0.2) is 0 Å². The van der Waals surface area contributed by atoms with Gasteiger partial charge in [-0.3, -0.25) is 0 Å². The fourth-order valence-corrected chi connectivity index (χ4v) is 4.13. The molecule has 0 saturated heterocycles. The minimum atomic E-state index is 0.258. The van der Waals surface area contributed by atoms with Gasteiger partial charge in [-0.1, -0.05) is 45.4 Å². The molecule has 17 heavy (non-hydrogen) atoms. The summed E-state index contributed by atoms with van der Waals surface area (Å²) in [4.78, 5) is 0. The maximum atomic E-state index is 6.30. The van der Waals surface area contributed by atoms with Crippen LogP contribution in [0.25, 0.3) is 0 Å². The van der Waals surface area contributed by atoms with Crippen molar-refractivity contribution in [3.63, 3.8) is 0 Å². The van der Waals surface area contributed by atoms with E-state index in [2.05, 4.69) is 12.2 Å². The molecule has 2 unspecified atom stereocenters. The highest BCUT2D eigenvalue weighted by Crippen LogP contribution is 2.34. The smallest absolute Gasteiger partial charge is 0.0406 e. The van der Waals surface area contributed by atoms with E-state index in [-0.39, 0.29) is 5.54 Å². The van der Waals surface area contributed by atoms with Gasteiger partial charge in [-0.05, 0) is 31.6 Å². The van der Waals surface area contributed by atoms with Crippen LogP contribution in [-0.2, 0) is 0 Å². The molecule has 0 radical (unpaired) electrons. The van der Waals surface area contributed by atoms with Gasteiger partial charge in [0.2, 0.25) is 0 Å². The Balaban J connectivity index is 1.92. The van der Waals surface area contributed by atoms with Gasteiger partial charge in [0.25, 0.3) is 0 Å². The van der Waals surface area contributed by atoms with E-state index in [9.17, 15) is 0 Å². The second-order valence-electron chi connectivity index (χ2n) is 6.45. The van der Waals surface area contributed by atoms with Gasteiger partial charge < -0.3 is 5.32 Å². The molecule has 2 heteroatoms. The van der Waals surface area contributed by atoms with Crippen LogP contribution in [0.15, 0.2) is 0 Å². The minimum Gasteiger partial charge on any atom is -0.307 e. The fraction of sp³-hybridized carbons (Fsp3) is 1.00. The van der Waals surface area contributed by atoms with Crippen molar-refractivity contribution >= 4 is 11.6 Å². The van der Waals surface area contributed by atoms with Gasteiger partial charge in [0.05, 0.1) is 0 Å². The molecular weight excluding hydrogens is 230 g/mol. The zero-order valence-corrected chi connectivity index (χ0v) is 12.1. The first kappa shape index (κ1) is 13.7. The van der Waals surface area contributed by atoms with Crippen LogP contribution in [0.3, 0.4) is 0 Å². The van der Waals surface area contributed by atoms with Crippen LogP contribution < -0.4 is 5.32 Å². The van der Waals surface area contributed by atoms with Crippen LogP contribution in [-0.4, -0.2) is 17.5 Å². The van der Waals surface area contributed by atoms with Gasteiger partial charge in [0, 0.05) is 17.5 Å². The van der Waals surface area contributed by atoms with Crippen molar-refractivity contribution in [1.29, 1.82) is 0 Å². The van der Waals surface area contributed by atoms with Crippen LogP contribution >= 0.6 is 11.6 Å². The zero-order chi connectivity index (χ0) is 12.1. The Morgan fingerprint density at radius 2 is 1.76 bits per heavy atom. The molecular formula is C15H28ClN. The van der Waals surface area contributed by atoms with Crippen molar-refractivity contribution in [3.05, 3.63) is 0 Å². The van der Waals surface area contributed by atoms with Crippen molar-refractivity contribution in [2.24, 2.45) is 5.92 Å². The quantitative estimate of drug-likeness (QED) is 0.580. The predicted molar refractivity (Wildman–Crippen MR) is 75.7 cm³/mol. The number of hydrogen-bond donors (Lipinski definition) is 1. The van der Waals surface area contributed by atoms with E-state index in [1.807, 2.05) is 0 Å². The topological polar surface area (TPSA) is 12.0 Å². The second kappa shape index (κ2) is 6.43. The molecule has 2 rings (SSSR count). The monoisotopic (exact) mass is 257 g/mol. The summed E-state index contributed by atoms with van der Waals surface area (Å²) in [5, 5.41) is 3.96. The molecule has 0 aromatic heterocycles. The maximum absolute atomic E-state index is 6.30. The standard InChI is InChI=1S/C15H28ClN/c1-13-7-6-10-15(11-13,12-16)17-14-8-4-2-3-5-9-14/h13-14,17H,2-12H2,1H3. The number of hydrogen-bond acceptors (Lipinski definition) is 1. The third-order valence-electron chi connectivity index (χ3n) is 4.71. The molecule has 0 bridgehead atoms. The normalized spacial score (nSPS) is 36.7. The summed E-state index contributed by atoms with van der Waals surface area (Å²) in [5.41, 5.74) is 0.258. The largest absolute Gasteiger partial charge is 0.307 e. The van der Waals surface area contributed by atoms with Gasteiger partial charge in [-0.15, -0.1) is 11.6 Å². The molecule has 2 atom stereocenters. The summed E-state index contributed by atoms with van der Waals surface area (Å²) >= 11 is 6.30. The molecule has 0 aromatic carbocycles. The lowest BCUT2D eigenvalue weighted by molar-refractivity contribution is 0.184. The summed E-state index contributed by atoms with van der Waals surface area (Å²) in [6.07, 6.45) is 13.7. The third-order valence-corrected chi connectivity index (χ3v) is 5.22. The number of rotatable bonds is 3. The third kappa shape index (κ3) is 3.86. The lowest BCUT2D eigenvalue weighted by Gasteiger charge is -2.42. The molecule has 0 amide bonds. The highest BCUT2D eigenvalue weighted by Gasteiger charge is 2.35. The first-order chi connectivity index (χ1) is 8.24. The van der Waals surface area contributed by atoms with Gasteiger partial charge >= 0.3 is 0 Å². The molecule has 2 aliphatic rings. The van der Waals surface area contributed by atoms with Crippen LogP contribution in [0.5, 0.6) is 0 Å². The van der Waals surface area contributed by atoms with Crippen molar-refractivity contribution in [3.8, 4) is 0 Å². The molecule has 0 aliphatic heterocycles. The highest BCUT2D eigenvalue weighted by molar-refractivity contribution is 6.18. The van der Waals surface area contributed by atoms with Crippen molar-refractivity contribution in [1.82, 2.24) is 5.32 Å². The van der Waals surface area contributed by atoms with E-state index in [0.29, 0.717) is 0 Å². The summed E-state index contributed by atoms with van der Waals surface area (Å²) in [6.45, 7) is 2.38. The Kier molecular flexibility index (Phi) is 5.17. The maximum Gasteiger partial charge on any atom is 0.0406 e. The molecule has 2 fully saturated rings. The molecule has 0 heterocycles. The number of halogens is 1. The molecule has 0 aromatic rings. The molecule has 2 aliphatic carbocycles.